The lowest BCUT2D eigenvalue weighted by molar-refractivity contribution is 0.0697. The molecule has 0 fully saturated rings. The fourth-order valence-electron chi connectivity index (χ4n) is 1.51. The highest BCUT2D eigenvalue weighted by Gasteiger charge is 2.07. The minimum absolute atomic E-state index is 0.129. The molecule has 0 aliphatic carbocycles. The van der Waals surface area contributed by atoms with E-state index < -0.39 is 5.97 Å². The maximum absolute atomic E-state index is 10.8. The number of rotatable bonds is 6. The maximum Gasteiger partial charge on any atom is 0.335 e. The van der Waals surface area contributed by atoms with Gasteiger partial charge in [0.25, 0.3) is 0 Å². The summed E-state index contributed by atoms with van der Waals surface area (Å²) in [6.07, 6.45) is 1.55. The highest BCUT2D eigenvalue weighted by molar-refractivity contribution is 5.88. The molecule has 1 rings (SSSR count). The van der Waals surface area contributed by atoms with Gasteiger partial charge in [0.05, 0.1) is 5.56 Å². The number of carbonyl (C=O) groups is 1. The Hall–Kier alpha value is -1.55. The zero-order chi connectivity index (χ0) is 12.0. The number of aliphatic hydroxyl groups is 1. The van der Waals surface area contributed by atoms with Crippen molar-refractivity contribution in [2.75, 3.05) is 11.9 Å². The van der Waals surface area contributed by atoms with Crippen LogP contribution in [0.15, 0.2) is 24.3 Å². The molecule has 0 saturated heterocycles. The molecular formula is C12H17NO3. The minimum Gasteiger partial charge on any atom is -0.478 e. The Bertz CT molecular complexity index is 352. The molecule has 3 N–H and O–H groups in total. The van der Waals surface area contributed by atoms with Crippen LogP contribution in [0.4, 0.5) is 5.69 Å². The fraction of sp³-hybridized carbons (Fsp3) is 0.417. The summed E-state index contributed by atoms with van der Waals surface area (Å²) in [7, 11) is 0. The van der Waals surface area contributed by atoms with Crippen molar-refractivity contribution in [3.8, 4) is 0 Å². The molecule has 16 heavy (non-hydrogen) atoms. The summed E-state index contributed by atoms with van der Waals surface area (Å²) in [5, 5.41) is 20.9. The number of carboxylic acids is 1. The van der Waals surface area contributed by atoms with E-state index in [2.05, 4.69) is 5.32 Å². The fourth-order valence-corrected chi connectivity index (χ4v) is 1.51. The highest BCUT2D eigenvalue weighted by atomic mass is 16.4. The van der Waals surface area contributed by atoms with Gasteiger partial charge >= 0.3 is 5.97 Å². The molecule has 1 atom stereocenters. The summed E-state index contributed by atoms with van der Waals surface area (Å²) in [4.78, 5) is 10.8. The van der Waals surface area contributed by atoms with Crippen LogP contribution in [0.1, 0.15) is 30.1 Å². The van der Waals surface area contributed by atoms with Crippen molar-refractivity contribution >= 4 is 11.7 Å². The van der Waals surface area contributed by atoms with Gasteiger partial charge in [0, 0.05) is 18.3 Å². The smallest absolute Gasteiger partial charge is 0.335 e. The van der Waals surface area contributed by atoms with Gasteiger partial charge in [-0.15, -0.1) is 0 Å². The van der Waals surface area contributed by atoms with Crippen molar-refractivity contribution in [3.63, 3.8) is 0 Å². The first-order valence-electron chi connectivity index (χ1n) is 5.38. The van der Waals surface area contributed by atoms with E-state index in [4.69, 9.17) is 10.2 Å². The van der Waals surface area contributed by atoms with Crippen LogP contribution in [0.5, 0.6) is 0 Å². The van der Waals surface area contributed by atoms with Crippen LogP contribution < -0.4 is 5.32 Å². The van der Waals surface area contributed by atoms with Gasteiger partial charge in [0.1, 0.15) is 0 Å². The van der Waals surface area contributed by atoms with E-state index in [0.29, 0.717) is 6.42 Å². The third-order valence-corrected chi connectivity index (χ3v) is 2.45. The lowest BCUT2D eigenvalue weighted by atomic mass is 10.1. The molecule has 1 unspecified atom stereocenters. The van der Waals surface area contributed by atoms with Gasteiger partial charge in [-0.3, -0.25) is 0 Å². The van der Waals surface area contributed by atoms with E-state index in [-0.39, 0.29) is 18.2 Å². The standard InChI is InChI=1S/C12H17NO3/c1-2-10(6-7-14)13-11-5-3-4-9(8-11)12(15)16/h3-5,8,10,13-14H,2,6-7H2,1H3,(H,15,16). The molecular weight excluding hydrogens is 206 g/mol. The SMILES string of the molecule is CCC(CCO)Nc1cccc(C(=O)O)c1. The maximum atomic E-state index is 10.8. The predicted molar refractivity (Wildman–Crippen MR) is 62.8 cm³/mol. The summed E-state index contributed by atoms with van der Waals surface area (Å²) >= 11 is 0. The molecule has 4 nitrogen and oxygen atoms in total. The first kappa shape index (κ1) is 12.5. The molecule has 0 aromatic heterocycles. The molecule has 0 bridgehead atoms. The minimum atomic E-state index is -0.932. The molecule has 0 heterocycles. The van der Waals surface area contributed by atoms with Crippen molar-refractivity contribution < 1.29 is 15.0 Å². The summed E-state index contributed by atoms with van der Waals surface area (Å²) in [5.74, 6) is -0.932. The predicted octanol–water partition coefficient (Wildman–Crippen LogP) is 1.96. The number of nitrogens with one attached hydrogen (secondary N) is 1. The number of hydrogen-bond donors (Lipinski definition) is 3. The van der Waals surface area contributed by atoms with Crippen LogP contribution >= 0.6 is 0 Å². The van der Waals surface area contributed by atoms with E-state index in [0.717, 1.165) is 12.1 Å². The second-order valence-corrected chi connectivity index (χ2v) is 3.65. The van der Waals surface area contributed by atoms with Gasteiger partial charge in [-0.05, 0) is 31.0 Å². The van der Waals surface area contributed by atoms with E-state index in [1.54, 1.807) is 18.2 Å². The van der Waals surface area contributed by atoms with Crippen LogP contribution in [0.25, 0.3) is 0 Å². The highest BCUT2D eigenvalue weighted by Crippen LogP contribution is 2.14. The van der Waals surface area contributed by atoms with E-state index >= 15 is 0 Å². The molecule has 1 aromatic carbocycles. The zero-order valence-corrected chi connectivity index (χ0v) is 9.31. The topological polar surface area (TPSA) is 69.6 Å². The van der Waals surface area contributed by atoms with Crippen molar-refractivity contribution in [2.45, 2.75) is 25.8 Å². The summed E-state index contributed by atoms with van der Waals surface area (Å²) in [6, 6.07) is 6.86. The second-order valence-electron chi connectivity index (χ2n) is 3.65. The van der Waals surface area contributed by atoms with Gasteiger partial charge in [-0.1, -0.05) is 13.0 Å². The lowest BCUT2D eigenvalue weighted by Gasteiger charge is -2.17. The molecule has 0 radical (unpaired) electrons. The van der Waals surface area contributed by atoms with Gasteiger partial charge in [0.15, 0.2) is 0 Å². The number of hydrogen-bond acceptors (Lipinski definition) is 3. The van der Waals surface area contributed by atoms with Crippen molar-refractivity contribution in [3.05, 3.63) is 29.8 Å². The third kappa shape index (κ3) is 3.55. The Morgan fingerprint density at radius 3 is 2.81 bits per heavy atom. The van der Waals surface area contributed by atoms with Crippen molar-refractivity contribution in [2.24, 2.45) is 0 Å². The average Bonchev–Trinajstić information content (AvgIpc) is 2.29. The van der Waals surface area contributed by atoms with Crippen LogP contribution in [0.3, 0.4) is 0 Å². The van der Waals surface area contributed by atoms with E-state index in [9.17, 15) is 4.79 Å². The van der Waals surface area contributed by atoms with Crippen LogP contribution in [-0.2, 0) is 0 Å². The summed E-state index contributed by atoms with van der Waals surface area (Å²) < 4.78 is 0. The van der Waals surface area contributed by atoms with E-state index in [1.807, 2.05) is 13.0 Å². The van der Waals surface area contributed by atoms with Crippen molar-refractivity contribution in [1.82, 2.24) is 0 Å². The summed E-state index contributed by atoms with van der Waals surface area (Å²) in [5.41, 5.74) is 1.05. The van der Waals surface area contributed by atoms with Crippen LogP contribution in [0, 0.1) is 0 Å². The number of aliphatic hydroxyl groups excluding tert-OH is 1. The molecule has 88 valence electrons. The largest absolute Gasteiger partial charge is 0.478 e. The molecule has 1 aromatic rings. The van der Waals surface area contributed by atoms with Gasteiger partial charge in [-0.25, -0.2) is 4.79 Å². The molecule has 0 spiro atoms. The Morgan fingerprint density at radius 2 is 2.25 bits per heavy atom. The molecule has 0 amide bonds. The quantitative estimate of drug-likeness (QED) is 0.689. The van der Waals surface area contributed by atoms with Gasteiger partial charge in [-0.2, -0.15) is 0 Å². The van der Waals surface area contributed by atoms with E-state index in [1.165, 1.54) is 0 Å². The lowest BCUT2D eigenvalue weighted by Crippen LogP contribution is -2.19. The number of benzene rings is 1. The van der Waals surface area contributed by atoms with Crippen LogP contribution in [0.2, 0.25) is 0 Å². The Kier molecular flexibility index (Phi) is 4.79. The third-order valence-electron chi connectivity index (χ3n) is 2.45. The summed E-state index contributed by atoms with van der Waals surface area (Å²) in [6.45, 7) is 2.15. The van der Waals surface area contributed by atoms with Crippen LogP contribution in [-0.4, -0.2) is 28.8 Å². The Balaban J connectivity index is 2.72. The molecule has 0 aliphatic heterocycles. The first-order valence-corrected chi connectivity index (χ1v) is 5.38. The monoisotopic (exact) mass is 223 g/mol. The Labute approximate surface area is 94.9 Å². The number of carboxylic acid groups (broad SMARTS) is 1. The van der Waals surface area contributed by atoms with Gasteiger partial charge in [0.2, 0.25) is 0 Å². The number of anilines is 1. The molecule has 4 heteroatoms. The first-order chi connectivity index (χ1) is 7.67. The normalized spacial score (nSPS) is 12.1. The second kappa shape index (κ2) is 6.12. The van der Waals surface area contributed by atoms with Gasteiger partial charge < -0.3 is 15.5 Å². The van der Waals surface area contributed by atoms with Crippen molar-refractivity contribution in [1.29, 1.82) is 0 Å². The molecule has 0 saturated carbocycles. The Morgan fingerprint density at radius 1 is 1.50 bits per heavy atom. The zero-order valence-electron chi connectivity index (χ0n) is 9.31. The average molecular weight is 223 g/mol. The number of aromatic carboxylic acids is 1. The molecule has 0 aliphatic rings.